The number of rotatable bonds is 6. The maximum Gasteiger partial charge on any atom is 0.328 e. The lowest BCUT2D eigenvalue weighted by Gasteiger charge is -2.13. The van der Waals surface area contributed by atoms with Crippen molar-refractivity contribution in [3.05, 3.63) is 59.9 Å². The molecule has 1 heterocycles. The highest BCUT2D eigenvalue weighted by Gasteiger charge is 2.09. The fourth-order valence-electron chi connectivity index (χ4n) is 1.78. The van der Waals surface area contributed by atoms with Crippen LogP contribution in [0.4, 0.5) is 0 Å². The molecular weight excluding hydrogens is 270 g/mol. The fraction of sp³-hybridized carbons (Fsp3) is 0.125. The number of carbonyl (C=O) groups is 1. The summed E-state index contributed by atoms with van der Waals surface area (Å²) < 4.78 is 11.0. The Bertz CT molecular complexity index is 638. The van der Waals surface area contributed by atoms with Gasteiger partial charge in [-0.15, -0.1) is 0 Å². The second-order valence-electron chi connectivity index (χ2n) is 4.20. The number of hydrogen-bond acceptors (Lipinski definition) is 4. The van der Waals surface area contributed by atoms with E-state index in [1.807, 2.05) is 12.1 Å². The zero-order valence-electron chi connectivity index (χ0n) is 11.5. The number of para-hydroxylation sites is 1. The van der Waals surface area contributed by atoms with E-state index in [0.717, 1.165) is 11.6 Å². The summed E-state index contributed by atoms with van der Waals surface area (Å²) in [6.45, 7) is 0.322. The zero-order valence-corrected chi connectivity index (χ0v) is 11.5. The van der Waals surface area contributed by atoms with E-state index in [-0.39, 0.29) is 0 Å². The molecule has 0 fully saturated rings. The summed E-state index contributed by atoms with van der Waals surface area (Å²) in [5.41, 5.74) is 1.55. The van der Waals surface area contributed by atoms with Crippen molar-refractivity contribution < 1.29 is 19.4 Å². The molecule has 0 bridgehead atoms. The fourth-order valence-corrected chi connectivity index (χ4v) is 1.78. The molecule has 0 atom stereocenters. The van der Waals surface area contributed by atoms with Gasteiger partial charge in [-0.1, -0.05) is 18.2 Å². The molecule has 0 aliphatic carbocycles. The maximum absolute atomic E-state index is 10.7. The number of pyridine rings is 1. The molecule has 108 valence electrons. The minimum absolute atomic E-state index is 0.322. The number of hydrogen-bond donors (Lipinski definition) is 1. The summed E-state index contributed by atoms with van der Waals surface area (Å²) in [5, 5.41) is 8.73. The van der Waals surface area contributed by atoms with Gasteiger partial charge in [-0.25, -0.2) is 4.79 Å². The van der Waals surface area contributed by atoms with Gasteiger partial charge in [0.1, 0.15) is 6.61 Å². The van der Waals surface area contributed by atoms with Crippen molar-refractivity contribution in [2.75, 3.05) is 7.11 Å². The molecule has 0 aliphatic heterocycles. The first-order chi connectivity index (χ1) is 10.2. The van der Waals surface area contributed by atoms with Gasteiger partial charge in [0, 0.05) is 29.6 Å². The molecule has 0 aliphatic rings. The Morgan fingerprint density at radius 2 is 2.19 bits per heavy atom. The average molecular weight is 285 g/mol. The molecule has 1 aromatic heterocycles. The van der Waals surface area contributed by atoms with Crippen LogP contribution in [0.25, 0.3) is 6.08 Å². The minimum atomic E-state index is -1.02. The van der Waals surface area contributed by atoms with Gasteiger partial charge in [-0.2, -0.15) is 0 Å². The molecule has 0 saturated carbocycles. The highest BCUT2D eigenvalue weighted by Crippen LogP contribution is 2.32. The van der Waals surface area contributed by atoms with Gasteiger partial charge in [0.25, 0.3) is 0 Å². The van der Waals surface area contributed by atoms with E-state index in [9.17, 15) is 4.79 Å². The summed E-state index contributed by atoms with van der Waals surface area (Å²) >= 11 is 0. The molecule has 5 nitrogen and oxygen atoms in total. The quantitative estimate of drug-likeness (QED) is 0.826. The smallest absolute Gasteiger partial charge is 0.328 e. The van der Waals surface area contributed by atoms with E-state index in [1.54, 1.807) is 30.6 Å². The first-order valence-electron chi connectivity index (χ1n) is 6.30. The second-order valence-corrected chi connectivity index (χ2v) is 4.20. The van der Waals surface area contributed by atoms with E-state index in [0.29, 0.717) is 23.7 Å². The predicted octanol–water partition coefficient (Wildman–Crippen LogP) is 2.77. The third kappa shape index (κ3) is 4.07. The molecule has 0 radical (unpaired) electrons. The Labute approximate surface area is 122 Å². The summed E-state index contributed by atoms with van der Waals surface area (Å²) in [4.78, 5) is 14.7. The Kier molecular flexibility index (Phi) is 4.93. The molecule has 0 spiro atoms. The number of ether oxygens (including phenoxy) is 2. The molecule has 0 amide bonds. The highest BCUT2D eigenvalue weighted by molar-refractivity contribution is 5.86. The third-order valence-electron chi connectivity index (χ3n) is 2.74. The standard InChI is InChI=1S/C16H15NO4/c1-20-14-6-2-5-13(7-8-15(18)19)16(14)21-11-12-4-3-9-17-10-12/h2-10H,11H2,1H3,(H,18,19). The molecule has 0 saturated heterocycles. The van der Waals surface area contributed by atoms with Crippen LogP contribution in [0.3, 0.4) is 0 Å². The van der Waals surface area contributed by atoms with E-state index in [2.05, 4.69) is 4.98 Å². The lowest BCUT2D eigenvalue weighted by atomic mass is 10.1. The Balaban J connectivity index is 2.25. The maximum atomic E-state index is 10.7. The molecule has 21 heavy (non-hydrogen) atoms. The normalized spacial score (nSPS) is 10.5. The molecule has 2 aromatic rings. The largest absolute Gasteiger partial charge is 0.493 e. The van der Waals surface area contributed by atoms with Crippen LogP contribution < -0.4 is 9.47 Å². The van der Waals surface area contributed by atoms with Gasteiger partial charge in [0.15, 0.2) is 11.5 Å². The number of aromatic nitrogens is 1. The summed E-state index contributed by atoms with van der Waals surface area (Å²) in [6.07, 6.45) is 5.94. The highest BCUT2D eigenvalue weighted by atomic mass is 16.5. The van der Waals surface area contributed by atoms with E-state index >= 15 is 0 Å². The van der Waals surface area contributed by atoms with E-state index in [1.165, 1.54) is 13.2 Å². The number of carboxylic acid groups (broad SMARTS) is 1. The van der Waals surface area contributed by atoms with Crippen LogP contribution in [0.1, 0.15) is 11.1 Å². The summed E-state index contributed by atoms with van der Waals surface area (Å²) in [5.74, 6) is 0.0313. The van der Waals surface area contributed by atoms with E-state index in [4.69, 9.17) is 14.6 Å². The van der Waals surface area contributed by atoms with Crippen LogP contribution in [0.5, 0.6) is 11.5 Å². The number of nitrogens with zero attached hydrogens (tertiary/aromatic N) is 1. The van der Waals surface area contributed by atoms with Gasteiger partial charge in [-0.3, -0.25) is 4.98 Å². The zero-order chi connectivity index (χ0) is 15.1. The van der Waals surface area contributed by atoms with Gasteiger partial charge in [0.05, 0.1) is 7.11 Å². The third-order valence-corrected chi connectivity index (χ3v) is 2.74. The van der Waals surface area contributed by atoms with Crippen molar-refractivity contribution in [3.8, 4) is 11.5 Å². The van der Waals surface area contributed by atoms with Crippen molar-refractivity contribution in [1.29, 1.82) is 0 Å². The predicted molar refractivity (Wildman–Crippen MR) is 78.2 cm³/mol. The number of carboxylic acids is 1. The van der Waals surface area contributed by atoms with Gasteiger partial charge >= 0.3 is 5.97 Å². The Morgan fingerprint density at radius 1 is 1.33 bits per heavy atom. The van der Waals surface area contributed by atoms with Crippen molar-refractivity contribution in [2.24, 2.45) is 0 Å². The van der Waals surface area contributed by atoms with Crippen LogP contribution >= 0.6 is 0 Å². The number of aliphatic carboxylic acids is 1. The lowest BCUT2D eigenvalue weighted by Crippen LogP contribution is -2.00. The molecule has 5 heteroatoms. The van der Waals surface area contributed by atoms with Crippen molar-refractivity contribution in [2.45, 2.75) is 6.61 Å². The summed E-state index contributed by atoms with van der Waals surface area (Å²) in [7, 11) is 1.54. The van der Waals surface area contributed by atoms with Crippen molar-refractivity contribution >= 4 is 12.0 Å². The lowest BCUT2D eigenvalue weighted by molar-refractivity contribution is -0.131. The van der Waals surface area contributed by atoms with Crippen LogP contribution in [0.2, 0.25) is 0 Å². The molecule has 0 unspecified atom stereocenters. The first-order valence-corrected chi connectivity index (χ1v) is 6.30. The van der Waals surface area contributed by atoms with Crippen molar-refractivity contribution in [3.63, 3.8) is 0 Å². The Hall–Kier alpha value is -2.82. The minimum Gasteiger partial charge on any atom is -0.493 e. The number of methoxy groups -OCH3 is 1. The number of benzene rings is 1. The molecular formula is C16H15NO4. The van der Waals surface area contributed by atoms with Gasteiger partial charge in [-0.05, 0) is 18.2 Å². The monoisotopic (exact) mass is 285 g/mol. The summed E-state index contributed by atoms with van der Waals surface area (Å²) in [6, 6.07) is 9.02. The molecule has 1 N–H and O–H groups in total. The van der Waals surface area contributed by atoms with Crippen LogP contribution in [-0.2, 0) is 11.4 Å². The average Bonchev–Trinajstić information content (AvgIpc) is 2.52. The van der Waals surface area contributed by atoms with Gasteiger partial charge in [0.2, 0.25) is 0 Å². The topological polar surface area (TPSA) is 68.7 Å². The van der Waals surface area contributed by atoms with Crippen molar-refractivity contribution in [1.82, 2.24) is 4.98 Å². The van der Waals surface area contributed by atoms with E-state index < -0.39 is 5.97 Å². The Morgan fingerprint density at radius 3 is 2.86 bits per heavy atom. The molecule has 1 aromatic carbocycles. The van der Waals surface area contributed by atoms with Crippen LogP contribution in [0, 0.1) is 0 Å². The van der Waals surface area contributed by atoms with Crippen LogP contribution in [0.15, 0.2) is 48.8 Å². The van der Waals surface area contributed by atoms with Crippen LogP contribution in [-0.4, -0.2) is 23.2 Å². The second kappa shape index (κ2) is 7.09. The first kappa shape index (κ1) is 14.6. The SMILES string of the molecule is COc1cccc(C=CC(=O)O)c1OCc1cccnc1. The van der Waals surface area contributed by atoms with Gasteiger partial charge < -0.3 is 14.6 Å². The molecule has 2 rings (SSSR count).